The van der Waals surface area contributed by atoms with E-state index < -0.39 is 0 Å². The summed E-state index contributed by atoms with van der Waals surface area (Å²) in [4.78, 5) is 10.4. The van der Waals surface area contributed by atoms with E-state index in [1.807, 2.05) is 0 Å². The molecule has 1 nitrogen and oxygen atoms in total. The summed E-state index contributed by atoms with van der Waals surface area (Å²) < 4.78 is 0. The van der Waals surface area contributed by atoms with Gasteiger partial charge >= 0.3 is 0 Å². The Bertz CT molecular complexity index is 120. The van der Waals surface area contributed by atoms with Crippen LogP contribution in [-0.4, -0.2) is 6.29 Å². The van der Waals surface area contributed by atoms with Gasteiger partial charge in [0.2, 0.25) is 0 Å². The lowest BCUT2D eigenvalue weighted by molar-refractivity contribution is -0.112. The van der Waals surface area contributed by atoms with Gasteiger partial charge in [0.25, 0.3) is 0 Å². The molecular weight excluding hydrogens is 124 g/mol. The molecule has 58 valence electrons. The van der Waals surface area contributed by atoms with Gasteiger partial charge in [-0.05, 0) is 31.1 Å². The van der Waals surface area contributed by atoms with Gasteiger partial charge in [0.15, 0.2) is 0 Å². The van der Waals surface area contributed by atoms with Gasteiger partial charge in [-0.2, -0.15) is 0 Å². The zero-order valence-corrected chi connectivity index (χ0v) is 6.84. The Kier molecular flexibility index (Phi) is 2.47. The third kappa shape index (κ3) is 1.59. The quantitative estimate of drug-likeness (QED) is 0.510. The highest BCUT2D eigenvalue weighted by molar-refractivity contribution is 5.53. The third-order valence-electron chi connectivity index (χ3n) is 2.83. The molecule has 1 aliphatic rings. The van der Waals surface area contributed by atoms with Crippen LogP contribution >= 0.6 is 0 Å². The molecule has 0 heterocycles. The second kappa shape index (κ2) is 3.18. The summed E-state index contributed by atoms with van der Waals surface area (Å²) in [5.74, 6) is 1.95. The van der Waals surface area contributed by atoms with Crippen molar-refractivity contribution in [2.24, 2.45) is 17.8 Å². The van der Waals surface area contributed by atoms with Crippen molar-refractivity contribution in [3.05, 3.63) is 0 Å². The third-order valence-corrected chi connectivity index (χ3v) is 2.83. The van der Waals surface area contributed by atoms with Crippen molar-refractivity contribution in [1.82, 2.24) is 0 Å². The molecule has 0 aromatic heterocycles. The molecule has 1 aliphatic carbocycles. The van der Waals surface area contributed by atoms with Gasteiger partial charge in [-0.25, -0.2) is 0 Å². The molecular formula is C9H16O. The molecule has 0 amide bonds. The van der Waals surface area contributed by atoms with Gasteiger partial charge in [-0.15, -0.1) is 0 Å². The number of hydrogen-bond acceptors (Lipinski definition) is 1. The van der Waals surface area contributed by atoms with Gasteiger partial charge in [0, 0.05) is 5.92 Å². The molecule has 0 aromatic rings. The van der Waals surface area contributed by atoms with Crippen LogP contribution in [0.25, 0.3) is 0 Å². The van der Waals surface area contributed by atoms with Gasteiger partial charge < -0.3 is 4.79 Å². The van der Waals surface area contributed by atoms with E-state index in [2.05, 4.69) is 13.8 Å². The Morgan fingerprint density at radius 2 is 1.90 bits per heavy atom. The maximum Gasteiger partial charge on any atom is 0.123 e. The molecule has 0 aliphatic heterocycles. The molecule has 3 unspecified atom stereocenters. The van der Waals surface area contributed by atoms with Crippen molar-refractivity contribution in [2.75, 3.05) is 0 Å². The fourth-order valence-corrected chi connectivity index (χ4v) is 1.71. The largest absolute Gasteiger partial charge is 0.303 e. The van der Waals surface area contributed by atoms with Gasteiger partial charge in [-0.1, -0.05) is 13.8 Å². The molecule has 3 atom stereocenters. The first kappa shape index (κ1) is 7.77. The Hall–Kier alpha value is -0.330. The van der Waals surface area contributed by atoms with Gasteiger partial charge in [-0.3, -0.25) is 0 Å². The van der Waals surface area contributed by atoms with E-state index in [1.54, 1.807) is 0 Å². The maximum absolute atomic E-state index is 10.4. The molecule has 0 saturated heterocycles. The lowest BCUT2D eigenvalue weighted by Crippen LogP contribution is -2.21. The van der Waals surface area contributed by atoms with Crippen molar-refractivity contribution in [3.63, 3.8) is 0 Å². The van der Waals surface area contributed by atoms with E-state index in [-0.39, 0.29) is 0 Å². The smallest absolute Gasteiger partial charge is 0.123 e. The predicted molar refractivity (Wildman–Crippen MR) is 41.7 cm³/mol. The topological polar surface area (TPSA) is 17.1 Å². The summed E-state index contributed by atoms with van der Waals surface area (Å²) in [6.45, 7) is 4.53. The Labute approximate surface area is 62.8 Å². The van der Waals surface area contributed by atoms with Crippen LogP contribution in [0.15, 0.2) is 0 Å². The first-order valence-corrected chi connectivity index (χ1v) is 4.19. The molecule has 1 saturated carbocycles. The lowest BCUT2D eigenvalue weighted by atomic mass is 9.76. The van der Waals surface area contributed by atoms with Crippen molar-refractivity contribution < 1.29 is 4.79 Å². The molecule has 0 radical (unpaired) electrons. The van der Waals surface area contributed by atoms with Crippen LogP contribution in [-0.2, 0) is 4.79 Å². The fourth-order valence-electron chi connectivity index (χ4n) is 1.71. The second-order valence-corrected chi connectivity index (χ2v) is 3.66. The summed E-state index contributed by atoms with van der Waals surface area (Å²) in [5.41, 5.74) is 0. The molecule has 1 heteroatoms. The zero-order chi connectivity index (χ0) is 7.56. The number of rotatable bonds is 1. The summed E-state index contributed by atoms with van der Waals surface area (Å²) in [6, 6.07) is 0. The Morgan fingerprint density at radius 1 is 1.20 bits per heavy atom. The molecule has 1 fully saturated rings. The monoisotopic (exact) mass is 140 g/mol. The summed E-state index contributed by atoms with van der Waals surface area (Å²) in [7, 11) is 0. The molecule has 0 N–H and O–H groups in total. The van der Waals surface area contributed by atoms with Crippen molar-refractivity contribution in [1.29, 1.82) is 0 Å². The highest BCUT2D eigenvalue weighted by atomic mass is 16.1. The Balaban J connectivity index is 2.40. The Morgan fingerprint density at radius 3 is 2.40 bits per heavy atom. The highest BCUT2D eigenvalue weighted by Crippen LogP contribution is 2.31. The minimum atomic E-state index is 0.367. The predicted octanol–water partition coefficient (Wildman–Crippen LogP) is 2.26. The van der Waals surface area contributed by atoms with E-state index in [1.165, 1.54) is 6.42 Å². The average molecular weight is 140 g/mol. The van der Waals surface area contributed by atoms with Crippen LogP contribution in [0.2, 0.25) is 0 Å². The van der Waals surface area contributed by atoms with Crippen LogP contribution in [0.5, 0.6) is 0 Å². The van der Waals surface area contributed by atoms with Crippen LogP contribution in [0.1, 0.15) is 33.1 Å². The minimum Gasteiger partial charge on any atom is -0.303 e. The summed E-state index contributed by atoms with van der Waals surface area (Å²) in [6.07, 6.45) is 4.60. The average Bonchev–Trinajstić information content (AvgIpc) is 1.95. The van der Waals surface area contributed by atoms with Crippen molar-refractivity contribution >= 4 is 6.29 Å². The molecule has 0 aromatic carbocycles. The zero-order valence-electron chi connectivity index (χ0n) is 6.84. The van der Waals surface area contributed by atoms with Crippen LogP contribution in [0.4, 0.5) is 0 Å². The number of carbonyl (C=O) groups excluding carboxylic acids is 1. The van der Waals surface area contributed by atoms with Crippen molar-refractivity contribution in [2.45, 2.75) is 33.1 Å². The first-order chi connectivity index (χ1) is 4.74. The van der Waals surface area contributed by atoms with E-state index in [9.17, 15) is 4.79 Å². The lowest BCUT2D eigenvalue weighted by Gasteiger charge is -2.28. The van der Waals surface area contributed by atoms with Crippen LogP contribution < -0.4 is 0 Å². The number of hydrogen-bond donors (Lipinski definition) is 0. The van der Waals surface area contributed by atoms with Crippen LogP contribution in [0.3, 0.4) is 0 Å². The number of carbonyl (C=O) groups is 1. The first-order valence-electron chi connectivity index (χ1n) is 4.19. The summed E-state index contributed by atoms with van der Waals surface area (Å²) in [5, 5.41) is 0. The highest BCUT2D eigenvalue weighted by Gasteiger charge is 2.23. The number of aldehydes is 1. The molecule has 0 spiro atoms. The fraction of sp³-hybridized carbons (Fsp3) is 0.889. The maximum atomic E-state index is 10.4. The van der Waals surface area contributed by atoms with Gasteiger partial charge in [0.05, 0.1) is 0 Å². The summed E-state index contributed by atoms with van der Waals surface area (Å²) >= 11 is 0. The van der Waals surface area contributed by atoms with E-state index in [0.29, 0.717) is 5.92 Å². The molecule has 1 rings (SSSR count). The SMILES string of the molecule is CC1CCC(C=O)CC1C. The molecule has 10 heavy (non-hydrogen) atoms. The normalized spacial score (nSPS) is 41.2. The van der Waals surface area contributed by atoms with Gasteiger partial charge in [0.1, 0.15) is 6.29 Å². The second-order valence-electron chi connectivity index (χ2n) is 3.66. The standard InChI is InChI=1S/C9H16O/c1-7-3-4-9(6-10)5-8(7)2/h6-9H,3-5H2,1-2H3. The minimum absolute atomic E-state index is 0.367. The van der Waals surface area contributed by atoms with E-state index in [4.69, 9.17) is 0 Å². The van der Waals surface area contributed by atoms with Crippen molar-refractivity contribution in [3.8, 4) is 0 Å². The molecule has 0 bridgehead atoms. The van der Waals surface area contributed by atoms with E-state index in [0.717, 1.165) is 31.0 Å². The van der Waals surface area contributed by atoms with E-state index >= 15 is 0 Å². The van der Waals surface area contributed by atoms with Crippen LogP contribution in [0, 0.1) is 17.8 Å².